The molecule has 0 bridgehead atoms. The Morgan fingerprint density at radius 2 is 1.00 bits per heavy atom. The molecule has 0 radical (unpaired) electrons. The Morgan fingerprint density at radius 1 is 0.567 bits per heavy atom. The lowest BCUT2D eigenvalue weighted by Gasteiger charge is -2.41. The molecule has 1 amide bonds. The summed E-state index contributed by atoms with van der Waals surface area (Å²) < 4.78 is 17.5. The molecule has 8 atom stereocenters. The number of aliphatic hydroxyl groups is 5. The number of ether oxygens (including phenoxy) is 3. The highest BCUT2D eigenvalue weighted by molar-refractivity contribution is 5.80. The van der Waals surface area contributed by atoms with E-state index in [-0.39, 0.29) is 19.4 Å². The van der Waals surface area contributed by atoms with Crippen molar-refractivity contribution in [3.63, 3.8) is 0 Å². The van der Waals surface area contributed by atoms with Crippen LogP contribution < -0.4 is 5.32 Å². The summed E-state index contributed by atoms with van der Waals surface area (Å²) in [5, 5.41) is 56.7. The van der Waals surface area contributed by atoms with Gasteiger partial charge in [-0.2, -0.15) is 0 Å². The van der Waals surface area contributed by atoms with E-state index >= 15 is 0 Å². The standard InChI is InChI=1S/C56H105NO10/c1-4-7-10-13-16-19-22-24-25-27-29-32-35-38-41-44-51(61)67-54-53(63)52(62)50(45-58)66-56(54)65-46-47(48(59)42-39-36-33-31-28-26-23-20-17-14-11-8-5-2)57-55(64)49(60)43-40-37-34-30-21-18-15-12-9-6-3/h15,18,39,42,47-50,52-54,56,58-60,62-63H,4-14,16-17,19-38,40-41,43-46H2,1-3H3,(H,57,64)/b18-15-,42-39+. The molecule has 0 spiro atoms. The number of nitrogens with one attached hydrogen (secondary N) is 1. The van der Waals surface area contributed by atoms with E-state index in [9.17, 15) is 35.1 Å². The third-order valence-electron chi connectivity index (χ3n) is 13.4. The molecule has 6 N–H and O–H groups in total. The van der Waals surface area contributed by atoms with E-state index < -0.39 is 67.4 Å². The summed E-state index contributed by atoms with van der Waals surface area (Å²) in [5.41, 5.74) is 0. The van der Waals surface area contributed by atoms with Crippen LogP contribution in [0.15, 0.2) is 24.3 Å². The zero-order valence-electron chi connectivity index (χ0n) is 43.3. The van der Waals surface area contributed by atoms with Crippen molar-refractivity contribution in [1.29, 1.82) is 0 Å². The smallest absolute Gasteiger partial charge is 0.306 e. The van der Waals surface area contributed by atoms with E-state index in [1.165, 1.54) is 141 Å². The first-order valence-corrected chi connectivity index (χ1v) is 28.1. The van der Waals surface area contributed by atoms with Gasteiger partial charge in [-0.1, -0.05) is 231 Å². The van der Waals surface area contributed by atoms with E-state index in [1.54, 1.807) is 6.08 Å². The van der Waals surface area contributed by atoms with Gasteiger partial charge in [0.15, 0.2) is 12.4 Å². The molecule has 1 saturated heterocycles. The Balaban J connectivity index is 2.74. The Labute approximate surface area is 410 Å². The van der Waals surface area contributed by atoms with Gasteiger partial charge < -0.3 is 45.1 Å². The number of allylic oxidation sites excluding steroid dienone is 3. The fraction of sp³-hybridized carbons (Fsp3) is 0.893. The minimum atomic E-state index is -1.61. The van der Waals surface area contributed by atoms with Crippen LogP contribution in [-0.2, 0) is 23.8 Å². The van der Waals surface area contributed by atoms with Crippen LogP contribution in [0.5, 0.6) is 0 Å². The van der Waals surface area contributed by atoms with Crippen LogP contribution in [0.3, 0.4) is 0 Å². The number of aliphatic hydroxyl groups excluding tert-OH is 5. The van der Waals surface area contributed by atoms with Crippen molar-refractivity contribution in [3.8, 4) is 0 Å². The molecule has 0 aromatic rings. The largest absolute Gasteiger partial charge is 0.454 e. The third-order valence-corrected chi connectivity index (χ3v) is 13.4. The summed E-state index contributed by atoms with van der Waals surface area (Å²) >= 11 is 0. The number of carbonyl (C=O) groups is 2. The molecule has 1 aliphatic rings. The minimum Gasteiger partial charge on any atom is -0.454 e. The van der Waals surface area contributed by atoms with Crippen LogP contribution in [0, 0.1) is 0 Å². The maximum atomic E-state index is 13.3. The first-order valence-electron chi connectivity index (χ1n) is 28.1. The van der Waals surface area contributed by atoms with Gasteiger partial charge in [-0.25, -0.2) is 0 Å². The Kier molecular flexibility index (Phi) is 42.7. The highest BCUT2D eigenvalue weighted by Crippen LogP contribution is 2.26. The molecule has 11 nitrogen and oxygen atoms in total. The average Bonchev–Trinajstić information content (AvgIpc) is 3.32. The molecule has 0 aromatic heterocycles. The number of esters is 1. The van der Waals surface area contributed by atoms with Gasteiger partial charge in [-0.15, -0.1) is 0 Å². The predicted molar refractivity (Wildman–Crippen MR) is 274 cm³/mol. The molecule has 394 valence electrons. The normalized spacial score (nSPS) is 20.1. The molecule has 0 aromatic carbocycles. The summed E-state index contributed by atoms with van der Waals surface area (Å²) in [4.78, 5) is 26.4. The van der Waals surface area contributed by atoms with Crippen molar-refractivity contribution in [2.24, 2.45) is 0 Å². The maximum Gasteiger partial charge on any atom is 0.306 e. The summed E-state index contributed by atoms with van der Waals surface area (Å²) in [5.74, 6) is -1.20. The number of carbonyl (C=O) groups excluding carboxylic acids is 2. The zero-order chi connectivity index (χ0) is 49.0. The van der Waals surface area contributed by atoms with Crippen molar-refractivity contribution in [2.45, 2.75) is 307 Å². The van der Waals surface area contributed by atoms with Gasteiger partial charge in [0, 0.05) is 6.42 Å². The third kappa shape index (κ3) is 34.2. The lowest BCUT2D eigenvalue weighted by molar-refractivity contribution is -0.305. The van der Waals surface area contributed by atoms with Gasteiger partial charge in [0.25, 0.3) is 0 Å². The first kappa shape index (κ1) is 63.2. The Hall–Kier alpha value is -1.86. The summed E-state index contributed by atoms with van der Waals surface area (Å²) in [6, 6.07) is -1.02. The monoisotopic (exact) mass is 952 g/mol. The molecule has 8 unspecified atom stereocenters. The second kappa shape index (κ2) is 45.3. The molecule has 1 fully saturated rings. The van der Waals surface area contributed by atoms with E-state index in [0.717, 1.165) is 70.6 Å². The lowest BCUT2D eigenvalue weighted by Crippen LogP contribution is -2.61. The van der Waals surface area contributed by atoms with Crippen molar-refractivity contribution in [1.82, 2.24) is 5.32 Å². The fourth-order valence-electron chi connectivity index (χ4n) is 8.81. The topological polar surface area (TPSA) is 175 Å². The molecule has 1 heterocycles. The van der Waals surface area contributed by atoms with Crippen LogP contribution in [0.4, 0.5) is 0 Å². The van der Waals surface area contributed by atoms with Gasteiger partial charge in [0.1, 0.15) is 24.4 Å². The summed E-state index contributed by atoms with van der Waals surface area (Å²) in [6.45, 7) is 5.73. The molecular weight excluding hydrogens is 847 g/mol. The second-order valence-corrected chi connectivity index (χ2v) is 19.7. The molecule has 67 heavy (non-hydrogen) atoms. The van der Waals surface area contributed by atoms with E-state index in [2.05, 4.69) is 38.2 Å². The van der Waals surface area contributed by atoms with Crippen LogP contribution in [-0.4, -0.2) is 99.6 Å². The van der Waals surface area contributed by atoms with Gasteiger partial charge in [0.2, 0.25) is 5.91 Å². The number of amides is 1. The SMILES string of the molecule is CCCC/C=C\CCCCCCC(O)C(=O)NC(COC1OC(CO)C(O)C(O)C1OC(=O)CCCCCCCCCCCCCCCCC)C(O)/C=C/CCCCCCCCCCCCC. The summed E-state index contributed by atoms with van der Waals surface area (Å²) in [6.07, 6.45) is 39.4. The quantitative estimate of drug-likeness (QED) is 0.0196. The van der Waals surface area contributed by atoms with Crippen molar-refractivity contribution >= 4 is 11.9 Å². The fourth-order valence-corrected chi connectivity index (χ4v) is 8.81. The average molecular weight is 952 g/mol. The van der Waals surface area contributed by atoms with Gasteiger partial charge >= 0.3 is 5.97 Å². The predicted octanol–water partition coefficient (Wildman–Crippen LogP) is 12.2. The van der Waals surface area contributed by atoms with Crippen LogP contribution in [0.2, 0.25) is 0 Å². The van der Waals surface area contributed by atoms with Crippen LogP contribution >= 0.6 is 0 Å². The van der Waals surface area contributed by atoms with Crippen LogP contribution in [0.1, 0.15) is 258 Å². The number of rotatable bonds is 47. The molecular formula is C56H105NO10. The molecule has 0 aliphatic carbocycles. The Bertz CT molecular complexity index is 1180. The lowest BCUT2D eigenvalue weighted by atomic mass is 9.99. The first-order chi connectivity index (χ1) is 32.7. The molecule has 1 rings (SSSR count). The van der Waals surface area contributed by atoms with Gasteiger partial charge in [-0.05, 0) is 44.9 Å². The number of hydrogen-bond donors (Lipinski definition) is 6. The van der Waals surface area contributed by atoms with E-state index in [0.29, 0.717) is 12.8 Å². The number of hydrogen-bond acceptors (Lipinski definition) is 10. The maximum absolute atomic E-state index is 13.3. The minimum absolute atomic E-state index is 0.128. The van der Waals surface area contributed by atoms with Gasteiger partial charge in [0.05, 0.1) is 25.4 Å². The molecule has 0 saturated carbocycles. The Morgan fingerprint density at radius 3 is 1.49 bits per heavy atom. The van der Waals surface area contributed by atoms with Crippen molar-refractivity contribution < 1.29 is 49.3 Å². The molecule has 11 heteroatoms. The summed E-state index contributed by atoms with van der Waals surface area (Å²) in [7, 11) is 0. The van der Waals surface area contributed by atoms with E-state index in [4.69, 9.17) is 14.2 Å². The highest BCUT2D eigenvalue weighted by Gasteiger charge is 2.47. The van der Waals surface area contributed by atoms with E-state index in [1.807, 2.05) is 6.08 Å². The van der Waals surface area contributed by atoms with Crippen LogP contribution in [0.25, 0.3) is 0 Å². The number of unbranched alkanes of at least 4 members (excludes halogenated alkanes) is 31. The van der Waals surface area contributed by atoms with Gasteiger partial charge in [-0.3, -0.25) is 9.59 Å². The molecule has 1 aliphatic heterocycles. The van der Waals surface area contributed by atoms with Crippen molar-refractivity contribution in [3.05, 3.63) is 24.3 Å². The second-order valence-electron chi connectivity index (χ2n) is 19.7. The van der Waals surface area contributed by atoms with Crippen molar-refractivity contribution in [2.75, 3.05) is 13.2 Å². The zero-order valence-corrected chi connectivity index (χ0v) is 43.3. The highest BCUT2D eigenvalue weighted by atomic mass is 16.7.